The zero-order valence-electron chi connectivity index (χ0n) is 22.0. The minimum atomic E-state index is -4.30. The second-order valence-corrected chi connectivity index (χ2v) is 7.27. The fourth-order valence-corrected chi connectivity index (χ4v) is 2.42. The van der Waals surface area contributed by atoms with Gasteiger partial charge in [0.15, 0.2) is 0 Å². The van der Waals surface area contributed by atoms with Gasteiger partial charge in [0, 0.05) is 37.5 Å². The Morgan fingerprint density at radius 2 is 2.03 bits per heavy atom. The first-order valence-electron chi connectivity index (χ1n) is 11.5. The smallest absolute Gasteiger partial charge is 0.381 e. The van der Waals surface area contributed by atoms with Gasteiger partial charge in [-0.15, -0.1) is 0 Å². The van der Waals surface area contributed by atoms with E-state index in [2.05, 4.69) is 33.6 Å². The van der Waals surface area contributed by atoms with Gasteiger partial charge in [-0.05, 0) is 62.4 Å². The van der Waals surface area contributed by atoms with Crippen molar-refractivity contribution in [3.63, 3.8) is 0 Å². The SMILES string of the molecule is C=C(/C=C(\C)C(F)(F)F)c1cccnc1.C=N/C=C(\C=C/COC)C(=O)NC1=NC=C(C)CC=C1.CC. The summed E-state index contributed by atoms with van der Waals surface area (Å²) in [5, 5.41) is 2.72. The fraction of sp³-hybridized carbons (Fsp3) is 0.286. The van der Waals surface area contributed by atoms with Gasteiger partial charge in [0.25, 0.3) is 5.91 Å². The summed E-state index contributed by atoms with van der Waals surface area (Å²) in [5.74, 6) is 0.211. The third kappa shape index (κ3) is 14.3. The summed E-state index contributed by atoms with van der Waals surface area (Å²) >= 11 is 0. The molecule has 2 heterocycles. The average molecular weight is 517 g/mol. The van der Waals surface area contributed by atoms with Gasteiger partial charge < -0.3 is 10.1 Å². The molecule has 0 atom stereocenters. The second-order valence-electron chi connectivity index (χ2n) is 7.27. The maximum Gasteiger partial charge on any atom is 0.412 e. The van der Waals surface area contributed by atoms with Gasteiger partial charge in [0.05, 0.1) is 12.2 Å². The Bertz CT molecular complexity index is 1060. The van der Waals surface area contributed by atoms with E-state index in [0.717, 1.165) is 25.0 Å². The van der Waals surface area contributed by atoms with E-state index in [1.807, 2.05) is 26.8 Å². The number of allylic oxidation sites excluding steroid dienone is 5. The first-order valence-corrected chi connectivity index (χ1v) is 11.5. The van der Waals surface area contributed by atoms with Crippen LogP contribution in [-0.2, 0) is 9.53 Å². The number of rotatable bonds is 7. The number of carbonyl (C=O) groups is 1. The molecule has 200 valence electrons. The number of ether oxygens (including phenoxy) is 1. The fourth-order valence-electron chi connectivity index (χ4n) is 2.42. The van der Waals surface area contributed by atoms with Crippen molar-refractivity contribution in [3.05, 3.63) is 96.2 Å². The molecule has 1 amide bonds. The molecule has 0 fully saturated rings. The first kappa shape index (κ1) is 33.1. The van der Waals surface area contributed by atoms with Crippen LogP contribution in [0.1, 0.15) is 39.7 Å². The third-order valence-corrected chi connectivity index (χ3v) is 4.30. The summed E-state index contributed by atoms with van der Waals surface area (Å²) < 4.78 is 41.5. The molecule has 6 nitrogen and oxygen atoms in total. The van der Waals surface area contributed by atoms with Crippen LogP contribution in [0.2, 0.25) is 0 Å². The van der Waals surface area contributed by atoms with Crippen molar-refractivity contribution in [1.29, 1.82) is 0 Å². The molecule has 37 heavy (non-hydrogen) atoms. The molecular weight excluding hydrogens is 481 g/mol. The largest absolute Gasteiger partial charge is 0.412 e. The van der Waals surface area contributed by atoms with Crippen LogP contribution in [0.3, 0.4) is 0 Å². The molecule has 0 spiro atoms. The minimum absolute atomic E-state index is 0.291. The number of pyridine rings is 1. The number of nitrogens with zero attached hydrogens (tertiary/aromatic N) is 3. The van der Waals surface area contributed by atoms with Crippen LogP contribution in [0, 0.1) is 0 Å². The number of halogens is 3. The number of hydrogen-bond acceptors (Lipinski definition) is 5. The van der Waals surface area contributed by atoms with Crippen LogP contribution in [0.25, 0.3) is 5.57 Å². The lowest BCUT2D eigenvalue weighted by atomic mass is 10.1. The zero-order valence-corrected chi connectivity index (χ0v) is 22.0. The second kappa shape index (κ2) is 18.4. The van der Waals surface area contributed by atoms with Gasteiger partial charge in [0.2, 0.25) is 0 Å². The molecule has 0 aliphatic carbocycles. The number of methoxy groups -OCH3 is 1. The molecule has 1 aromatic heterocycles. The summed E-state index contributed by atoms with van der Waals surface area (Å²) in [5.41, 5.74) is 1.74. The van der Waals surface area contributed by atoms with E-state index in [4.69, 9.17) is 4.74 Å². The summed E-state index contributed by atoms with van der Waals surface area (Å²) in [4.78, 5) is 23.7. The molecule has 0 radical (unpaired) electrons. The molecule has 0 unspecified atom stereocenters. The van der Waals surface area contributed by atoms with Gasteiger partial charge >= 0.3 is 6.18 Å². The molecule has 0 bridgehead atoms. The highest BCUT2D eigenvalue weighted by Crippen LogP contribution is 2.27. The number of aliphatic imine (C=N–C) groups is 2. The van der Waals surface area contributed by atoms with Crippen LogP contribution < -0.4 is 5.32 Å². The Kier molecular flexibility index (Phi) is 16.5. The summed E-state index contributed by atoms with van der Waals surface area (Å²) in [6, 6.07) is 3.31. The maximum absolute atomic E-state index is 12.2. The molecule has 1 aliphatic rings. The predicted molar refractivity (Wildman–Crippen MR) is 146 cm³/mol. The van der Waals surface area contributed by atoms with Crippen molar-refractivity contribution in [2.75, 3.05) is 13.7 Å². The molecule has 1 N–H and O–H groups in total. The lowest BCUT2D eigenvalue weighted by Crippen LogP contribution is -2.29. The van der Waals surface area contributed by atoms with E-state index in [0.29, 0.717) is 29.2 Å². The van der Waals surface area contributed by atoms with Gasteiger partial charge in [-0.1, -0.05) is 44.2 Å². The first-order chi connectivity index (χ1) is 17.6. The summed E-state index contributed by atoms with van der Waals surface area (Å²) in [7, 11) is 1.58. The van der Waals surface area contributed by atoms with E-state index < -0.39 is 11.7 Å². The number of amides is 1. The van der Waals surface area contributed by atoms with Crippen molar-refractivity contribution in [3.8, 4) is 0 Å². The van der Waals surface area contributed by atoms with Crippen LogP contribution in [0.15, 0.2) is 101 Å². The zero-order chi connectivity index (χ0) is 28.3. The lowest BCUT2D eigenvalue weighted by molar-refractivity contribution is -0.115. The number of hydrogen-bond donors (Lipinski definition) is 1. The minimum Gasteiger partial charge on any atom is -0.381 e. The van der Waals surface area contributed by atoms with E-state index in [9.17, 15) is 18.0 Å². The predicted octanol–water partition coefficient (Wildman–Crippen LogP) is 6.78. The van der Waals surface area contributed by atoms with Crippen molar-refractivity contribution in [2.45, 2.75) is 40.3 Å². The monoisotopic (exact) mass is 516 g/mol. The molecule has 1 aromatic rings. The standard InChI is InChI=1S/C15H19N3O2.C11H10F3N.C2H6/c1-12-6-4-8-14(17-10-12)18-15(19)13(11-16-2)7-5-9-20-3;1-8(6-9(2)11(12,13)14)10-4-3-5-15-7-10;1-2/h4-5,7-8,10-11H,2,6,9H2,1,3H3,(H,17,18,19);3-7H,1H2,2H3;1-2H3/b7-5-,13-11+;9-6+;. The molecule has 2 rings (SSSR count). The average Bonchev–Trinajstić information content (AvgIpc) is 3.08. The van der Waals surface area contributed by atoms with E-state index >= 15 is 0 Å². The lowest BCUT2D eigenvalue weighted by Gasteiger charge is -2.07. The van der Waals surface area contributed by atoms with Gasteiger partial charge in [-0.2, -0.15) is 13.2 Å². The Balaban J connectivity index is 0.000000679. The van der Waals surface area contributed by atoms with E-state index in [1.54, 1.807) is 49.9 Å². The number of aromatic nitrogens is 1. The molecular formula is C28H35F3N4O2. The molecule has 0 saturated heterocycles. The van der Waals surface area contributed by atoms with Crippen LogP contribution in [0.5, 0.6) is 0 Å². The van der Waals surface area contributed by atoms with Gasteiger partial charge in [-0.25, -0.2) is 4.99 Å². The van der Waals surface area contributed by atoms with Crippen molar-refractivity contribution < 1.29 is 22.7 Å². The van der Waals surface area contributed by atoms with Crippen molar-refractivity contribution in [1.82, 2.24) is 10.3 Å². The Morgan fingerprint density at radius 1 is 1.32 bits per heavy atom. The van der Waals surface area contributed by atoms with Crippen molar-refractivity contribution >= 4 is 24.0 Å². The number of alkyl halides is 3. The van der Waals surface area contributed by atoms with Gasteiger partial charge in [-0.3, -0.25) is 14.8 Å². The molecule has 1 aliphatic heterocycles. The highest BCUT2D eigenvalue weighted by atomic mass is 19.4. The summed E-state index contributed by atoms with van der Waals surface area (Å²) in [6.45, 7) is 14.3. The highest BCUT2D eigenvalue weighted by molar-refractivity contribution is 6.11. The van der Waals surface area contributed by atoms with E-state index in [1.165, 1.54) is 12.4 Å². The Morgan fingerprint density at radius 3 is 2.59 bits per heavy atom. The molecule has 0 aromatic carbocycles. The maximum atomic E-state index is 12.2. The molecule has 0 saturated carbocycles. The van der Waals surface area contributed by atoms with Gasteiger partial charge in [0.1, 0.15) is 5.84 Å². The number of carbonyl (C=O) groups excluding carboxylic acids is 1. The van der Waals surface area contributed by atoms with E-state index in [-0.39, 0.29) is 5.91 Å². The Labute approximate surface area is 217 Å². The highest BCUT2D eigenvalue weighted by Gasteiger charge is 2.29. The summed E-state index contributed by atoms with van der Waals surface area (Å²) in [6.07, 6.45) is 10.8. The Hall–Kier alpha value is -3.85. The van der Waals surface area contributed by atoms with Crippen LogP contribution in [-0.4, -0.2) is 43.3 Å². The van der Waals surface area contributed by atoms with Crippen LogP contribution in [0.4, 0.5) is 13.2 Å². The molecule has 9 heteroatoms. The third-order valence-electron chi connectivity index (χ3n) is 4.30. The van der Waals surface area contributed by atoms with Crippen molar-refractivity contribution in [2.24, 2.45) is 9.98 Å². The van der Waals surface area contributed by atoms with Crippen LogP contribution >= 0.6 is 0 Å². The normalized spacial score (nSPS) is 13.7. The quantitative estimate of drug-likeness (QED) is 0.247. The number of amidine groups is 1. The topological polar surface area (TPSA) is 75.9 Å². The number of nitrogens with one attached hydrogen (secondary N) is 1.